The van der Waals surface area contributed by atoms with Crippen molar-refractivity contribution in [2.75, 3.05) is 0 Å². The van der Waals surface area contributed by atoms with Crippen LogP contribution in [0.4, 0.5) is 0 Å². The van der Waals surface area contributed by atoms with Gasteiger partial charge in [0.25, 0.3) is 0 Å². The van der Waals surface area contributed by atoms with Crippen molar-refractivity contribution in [2.24, 2.45) is 0 Å². The first-order chi connectivity index (χ1) is 9.33. The summed E-state index contributed by atoms with van der Waals surface area (Å²) in [5, 5.41) is 2.38. The molecule has 1 heteroatoms. The van der Waals surface area contributed by atoms with E-state index in [9.17, 15) is 0 Å². The summed E-state index contributed by atoms with van der Waals surface area (Å²) >= 11 is 0. The second kappa shape index (κ2) is 5.15. The van der Waals surface area contributed by atoms with E-state index in [0.29, 0.717) is 6.61 Å². The van der Waals surface area contributed by atoms with E-state index in [4.69, 9.17) is 4.74 Å². The van der Waals surface area contributed by atoms with Crippen molar-refractivity contribution in [2.45, 2.75) is 13.5 Å². The van der Waals surface area contributed by atoms with Crippen molar-refractivity contribution in [1.29, 1.82) is 0 Å². The second-order valence-corrected chi connectivity index (χ2v) is 4.76. The number of benzene rings is 3. The fourth-order valence-electron chi connectivity index (χ4n) is 2.28. The fraction of sp³-hybridized carbons (Fsp3) is 0.111. The van der Waals surface area contributed by atoms with E-state index in [0.717, 1.165) is 11.1 Å². The molecule has 3 aromatic rings. The van der Waals surface area contributed by atoms with Crippen molar-refractivity contribution < 1.29 is 4.74 Å². The lowest BCUT2D eigenvalue weighted by Gasteiger charge is -2.09. The predicted octanol–water partition coefficient (Wildman–Crippen LogP) is 4.73. The number of ether oxygens (including phenoxy) is 1. The van der Waals surface area contributed by atoms with Gasteiger partial charge in [0.1, 0.15) is 12.4 Å². The monoisotopic (exact) mass is 248 g/mol. The Balaban J connectivity index is 1.86. The van der Waals surface area contributed by atoms with Gasteiger partial charge in [0.15, 0.2) is 0 Å². The average Bonchev–Trinajstić information content (AvgIpc) is 2.45. The summed E-state index contributed by atoms with van der Waals surface area (Å²) in [7, 11) is 0. The molecule has 94 valence electrons. The minimum absolute atomic E-state index is 0.607. The Hall–Kier alpha value is -2.28. The molecule has 0 amide bonds. The highest BCUT2D eigenvalue weighted by molar-refractivity contribution is 5.88. The minimum Gasteiger partial charge on any atom is -0.488 e. The van der Waals surface area contributed by atoms with Gasteiger partial charge in [-0.2, -0.15) is 0 Å². The van der Waals surface area contributed by atoms with Crippen molar-refractivity contribution in [3.05, 3.63) is 77.9 Å². The third-order valence-corrected chi connectivity index (χ3v) is 3.23. The van der Waals surface area contributed by atoms with Crippen molar-refractivity contribution in [1.82, 2.24) is 0 Å². The normalized spacial score (nSPS) is 10.6. The highest BCUT2D eigenvalue weighted by atomic mass is 16.5. The van der Waals surface area contributed by atoms with Crippen LogP contribution in [0.1, 0.15) is 11.1 Å². The van der Waals surface area contributed by atoms with E-state index in [2.05, 4.69) is 49.4 Å². The molecule has 0 saturated heterocycles. The van der Waals surface area contributed by atoms with Crippen LogP contribution in [-0.4, -0.2) is 0 Å². The molecule has 0 fully saturated rings. The van der Waals surface area contributed by atoms with Crippen LogP contribution < -0.4 is 4.74 Å². The largest absolute Gasteiger partial charge is 0.488 e. The number of fused-ring (bicyclic) bond motifs is 1. The highest BCUT2D eigenvalue weighted by Gasteiger charge is 2.01. The van der Waals surface area contributed by atoms with Crippen molar-refractivity contribution in [3.63, 3.8) is 0 Å². The summed E-state index contributed by atoms with van der Waals surface area (Å²) in [6.45, 7) is 2.71. The highest BCUT2D eigenvalue weighted by Crippen LogP contribution is 2.25. The predicted molar refractivity (Wildman–Crippen MR) is 79.5 cm³/mol. The molecule has 0 aliphatic carbocycles. The second-order valence-electron chi connectivity index (χ2n) is 4.76. The Labute approximate surface area is 113 Å². The topological polar surface area (TPSA) is 9.23 Å². The zero-order valence-electron chi connectivity index (χ0n) is 11.0. The molecule has 3 rings (SSSR count). The molecular formula is C18H16O. The molecule has 0 bridgehead atoms. The number of aryl methyl sites for hydroxylation is 1. The van der Waals surface area contributed by atoms with E-state index < -0.39 is 0 Å². The molecule has 0 unspecified atom stereocenters. The van der Waals surface area contributed by atoms with Gasteiger partial charge in [-0.25, -0.2) is 0 Å². The standard InChI is InChI=1S/C18H16O/c1-14-6-4-7-15(12-14)13-19-18-11-5-9-16-8-2-3-10-17(16)18/h2-12H,13H2,1H3. The first-order valence-corrected chi connectivity index (χ1v) is 6.49. The Morgan fingerprint density at radius 3 is 2.53 bits per heavy atom. The average molecular weight is 248 g/mol. The van der Waals surface area contributed by atoms with Crippen LogP contribution in [0.5, 0.6) is 5.75 Å². The van der Waals surface area contributed by atoms with Gasteiger partial charge in [0, 0.05) is 5.39 Å². The number of hydrogen-bond acceptors (Lipinski definition) is 1. The Morgan fingerprint density at radius 2 is 1.63 bits per heavy atom. The summed E-state index contributed by atoms with van der Waals surface area (Å²) < 4.78 is 5.96. The van der Waals surface area contributed by atoms with Gasteiger partial charge in [-0.05, 0) is 23.9 Å². The lowest BCUT2D eigenvalue weighted by Crippen LogP contribution is -1.96. The summed E-state index contributed by atoms with van der Waals surface area (Å²) in [6, 6.07) is 22.9. The molecule has 0 aliphatic rings. The van der Waals surface area contributed by atoms with Gasteiger partial charge >= 0.3 is 0 Å². The maximum atomic E-state index is 5.96. The van der Waals surface area contributed by atoms with E-state index in [1.807, 2.05) is 24.3 Å². The molecule has 1 nitrogen and oxygen atoms in total. The van der Waals surface area contributed by atoms with Crippen LogP contribution >= 0.6 is 0 Å². The molecule has 3 aromatic carbocycles. The molecule has 0 saturated carbocycles. The SMILES string of the molecule is Cc1cccc(COc2cccc3ccccc23)c1. The van der Waals surface area contributed by atoms with Gasteiger partial charge in [-0.15, -0.1) is 0 Å². The van der Waals surface area contributed by atoms with Crippen molar-refractivity contribution >= 4 is 10.8 Å². The van der Waals surface area contributed by atoms with Crippen LogP contribution in [-0.2, 0) is 6.61 Å². The van der Waals surface area contributed by atoms with E-state index in [-0.39, 0.29) is 0 Å². The number of rotatable bonds is 3. The Bertz CT molecular complexity index is 695. The lowest BCUT2D eigenvalue weighted by atomic mass is 10.1. The van der Waals surface area contributed by atoms with Crippen LogP contribution in [0.15, 0.2) is 66.7 Å². The molecule has 0 aliphatic heterocycles. The molecule has 0 heterocycles. The van der Waals surface area contributed by atoms with Crippen LogP contribution in [0.25, 0.3) is 10.8 Å². The van der Waals surface area contributed by atoms with Crippen LogP contribution in [0.2, 0.25) is 0 Å². The van der Waals surface area contributed by atoms with E-state index in [1.54, 1.807) is 0 Å². The summed E-state index contributed by atoms with van der Waals surface area (Å²) in [4.78, 5) is 0. The third-order valence-electron chi connectivity index (χ3n) is 3.23. The van der Waals surface area contributed by atoms with Gasteiger partial charge in [0.2, 0.25) is 0 Å². The van der Waals surface area contributed by atoms with Gasteiger partial charge in [-0.1, -0.05) is 66.2 Å². The van der Waals surface area contributed by atoms with Gasteiger partial charge in [-0.3, -0.25) is 0 Å². The zero-order chi connectivity index (χ0) is 13.1. The molecule has 0 spiro atoms. The quantitative estimate of drug-likeness (QED) is 0.651. The first kappa shape index (κ1) is 11.8. The van der Waals surface area contributed by atoms with Crippen LogP contribution in [0, 0.1) is 6.92 Å². The molecule has 0 atom stereocenters. The zero-order valence-corrected chi connectivity index (χ0v) is 11.0. The summed E-state index contributed by atoms with van der Waals surface area (Å²) in [5.41, 5.74) is 2.46. The smallest absolute Gasteiger partial charge is 0.127 e. The Morgan fingerprint density at radius 1 is 0.842 bits per heavy atom. The van der Waals surface area contributed by atoms with E-state index in [1.165, 1.54) is 16.5 Å². The lowest BCUT2D eigenvalue weighted by molar-refractivity contribution is 0.310. The minimum atomic E-state index is 0.607. The molecule has 0 aromatic heterocycles. The summed E-state index contributed by atoms with van der Waals surface area (Å²) in [5.74, 6) is 0.944. The summed E-state index contributed by atoms with van der Waals surface area (Å²) in [6.07, 6.45) is 0. The molecular weight excluding hydrogens is 232 g/mol. The van der Waals surface area contributed by atoms with Gasteiger partial charge < -0.3 is 4.74 Å². The molecule has 0 N–H and O–H groups in total. The maximum absolute atomic E-state index is 5.96. The fourth-order valence-corrected chi connectivity index (χ4v) is 2.28. The Kier molecular flexibility index (Phi) is 3.20. The third kappa shape index (κ3) is 2.60. The first-order valence-electron chi connectivity index (χ1n) is 6.49. The number of hydrogen-bond donors (Lipinski definition) is 0. The van der Waals surface area contributed by atoms with Crippen LogP contribution in [0.3, 0.4) is 0 Å². The van der Waals surface area contributed by atoms with E-state index >= 15 is 0 Å². The maximum Gasteiger partial charge on any atom is 0.127 e. The molecule has 0 radical (unpaired) electrons. The molecule has 19 heavy (non-hydrogen) atoms. The van der Waals surface area contributed by atoms with Gasteiger partial charge in [0.05, 0.1) is 0 Å². The van der Waals surface area contributed by atoms with Crippen molar-refractivity contribution in [3.8, 4) is 5.75 Å².